The van der Waals surface area contributed by atoms with Crippen molar-refractivity contribution in [1.29, 1.82) is 0 Å². The molecule has 0 aliphatic heterocycles. The summed E-state index contributed by atoms with van der Waals surface area (Å²) < 4.78 is 27.3. The molecule has 0 heterocycles. The molecular formula is C22H32N4O2S2. The fourth-order valence-electron chi connectivity index (χ4n) is 3.05. The van der Waals surface area contributed by atoms with Gasteiger partial charge in [-0.05, 0) is 55.3 Å². The van der Waals surface area contributed by atoms with Gasteiger partial charge in [0.05, 0.1) is 5.75 Å². The monoisotopic (exact) mass is 448 g/mol. The summed E-state index contributed by atoms with van der Waals surface area (Å²) in [6, 6.07) is 13.8. The lowest BCUT2D eigenvalue weighted by molar-refractivity contribution is 0.568. The van der Waals surface area contributed by atoms with Crippen LogP contribution in [0.1, 0.15) is 36.1 Å². The maximum atomic E-state index is 12.3. The number of rotatable bonds is 9. The Morgan fingerprint density at radius 1 is 1.03 bits per heavy atom. The molecule has 0 bridgehead atoms. The number of hydrogen-bond acceptors (Lipinski definition) is 4. The second-order valence-electron chi connectivity index (χ2n) is 7.39. The Morgan fingerprint density at radius 3 is 2.27 bits per heavy atom. The summed E-state index contributed by atoms with van der Waals surface area (Å²) in [6.45, 7) is 6.86. The third-order valence-electron chi connectivity index (χ3n) is 4.44. The van der Waals surface area contributed by atoms with Gasteiger partial charge in [-0.25, -0.2) is 13.1 Å². The normalized spacial score (nSPS) is 12.3. The minimum absolute atomic E-state index is 0.0461. The van der Waals surface area contributed by atoms with Gasteiger partial charge in [-0.2, -0.15) is 0 Å². The van der Waals surface area contributed by atoms with E-state index >= 15 is 0 Å². The van der Waals surface area contributed by atoms with Crippen molar-refractivity contribution in [2.24, 2.45) is 4.99 Å². The molecule has 0 fully saturated rings. The van der Waals surface area contributed by atoms with Gasteiger partial charge in [0.25, 0.3) is 0 Å². The number of nitrogens with zero attached hydrogens (tertiary/aromatic N) is 1. The van der Waals surface area contributed by atoms with E-state index in [0.717, 1.165) is 11.1 Å². The molecule has 0 saturated carbocycles. The molecule has 2 rings (SSSR count). The maximum Gasteiger partial charge on any atom is 0.216 e. The van der Waals surface area contributed by atoms with E-state index in [1.54, 1.807) is 18.8 Å². The molecule has 8 heteroatoms. The molecule has 2 aromatic rings. The molecule has 0 aromatic heterocycles. The average molecular weight is 449 g/mol. The predicted octanol–water partition coefficient (Wildman–Crippen LogP) is 3.41. The molecule has 0 aliphatic rings. The van der Waals surface area contributed by atoms with Crippen molar-refractivity contribution in [2.45, 2.75) is 50.6 Å². The van der Waals surface area contributed by atoms with E-state index in [4.69, 9.17) is 0 Å². The second-order valence-corrected chi connectivity index (χ2v) is 10.00. The number of hydrogen-bond donors (Lipinski definition) is 3. The summed E-state index contributed by atoms with van der Waals surface area (Å²) in [6.07, 6.45) is 2.07. The average Bonchev–Trinajstić information content (AvgIpc) is 2.68. The molecule has 164 valence electrons. The van der Waals surface area contributed by atoms with Crippen LogP contribution in [0.15, 0.2) is 52.4 Å². The van der Waals surface area contributed by atoms with Crippen LogP contribution in [-0.4, -0.2) is 33.7 Å². The molecule has 3 N–H and O–H groups in total. The lowest BCUT2D eigenvalue weighted by Crippen LogP contribution is -2.37. The number of aliphatic imine (C=N–C) groups is 1. The van der Waals surface area contributed by atoms with Crippen LogP contribution in [0.5, 0.6) is 0 Å². The Balaban J connectivity index is 2.02. The van der Waals surface area contributed by atoms with E-state index in [1.807, 2.05) is 38.1 Å². The third-order valence-corrected chi connectivity index (χ3v) is 6.78. The number of sulfonamides is 1. The summed E-state index contributed by atoms with van der Waals surface area (Å²) >= 11 is 1.73. The van der Waals surface area contributed by atoms with Crippen molar-refractivity contribution in [3.8, 4) is 0 Å². The third kappa shape index (κ3) is 7.66. The van der Waals surface area contributed by atoms with Crippen LogP contribution < -0.4 is 15.4 Å². The number of benzene rings is 2. The summed E-state index contributed by atoms with van der Waals surface area (Å²) in [4.78, 5) is 5.53. The van der Waals surface area contributed by atoms with Crippen LogP contribution in [-0.2, 0) is 28.9 Å². The smallest absolute Gasteiger partial charge is 0.216 e. The van der Waals surface area contributed by atoms with Crippen molar-refractivity contribution < 1.29 is 8.42 Å². The lowest BCUT2D eigenvalue weighted by Gasteiger charge is -2.16. The van der Waals surface area contributed by atoms with Gasteiger partial charge in [-0.3, -0.25) is 4.99 Å². The van der Waals surface area contributed by atoms with Gasteiger partial charge in [0, 0.05) is 31.1 Å². The van der Waals surface area contributed by atoms with Gasteiger partial charge >= 0.3 is 0 Å². The topological polar surface area (TPSA) is 82.6 Å². The predicted molar refractivity (Wildman–Crippen MR) is 127 cm³/mol. The van der Waals surface area contributed by atoms with E-state index in [0.29, 0.717) is 19.0 Å². The Morgan fingerprint density at radius 2 is 1.67 bits per heavy atom. The second kappa shape index (κ2) is 11.4. The molecule has 0 saturated heterocycles. The molecule has 0 aliphatic carbocycles. The molecule has 6 nitrogen and oxygen atoms in total. The molecule has 30 heavy (non-hydrogen) atoms. The first kappa shape index (κ1) is 24.2. The van der Waals surface area contributed by atoms with E-state index < -0.39 is 10.0 Å². The van der Waals surface area contributed by atoms with Crippen molar-refractivity contribution in [3.63, 3.8) is 0 Å². The van der Waals surface area contributed by atoms with Crippen LogP contribution in [0.4, 0.5) is 0 Å². The quantitative estimate of drug-likeness (QED) is 0.311. The number of nitrogens with one attached hydrogen (secondary N) is 3. The zero-order chi connectivity index (χ0) is 22.1. The highest BCUT2D eigenvalue weighted by atomic mass is 32.2. The summed E-state index contributed by atoms with van der Waals surface area (Å²) in [5.74, 6) is 0.621. The van der Waals surface area contributed by atoms with Gasteiger partial charge in [-0.15, -0.1) is 11.8 Å². The largest absolute Gasteiger partial charge is 0.352 e. The Labute approximate surface area is 185 Å². The lowest BCUT2D eigenvalue weighted by atomic mass is 10.1. The molecule has 2 aromatic carbocycles. The molecule has 0 atom stereocenters. The van der Waals surface area contributed by atoms with Gasteiger partial charge in [-0.1, -0.05) is 36.4 Å². The van der Waals surface area contributed by atoms with Crippen LogP contribution >= 0.6 is 11.8 Å². The highest BCUT2D eigenvalue weighted by molar-refractivity contribution is 7.98. The highest BCUT2D eigenvalue weighted by Crippen LogP contribution is 2.21. The van der Waals surface area contributed by atoms with Gasteiger partial charge in [0.1, 0.15) is 0 Å². The van der Waals surface area contributed by atoms with Crippen LogP contribution in [0.2, 0.25) is 0 Å². The van der Waals surface area contributed by atoms with Crippen LogP contribution in [0, 0.1) is 6.92 Å². The van der Waals surface area contributed by atoms with E-state index in [9.17, 15) is 8.42 Å². The van der Waals surface area contributed by atoms with Crippen molar-refractivity contribution in [2.75, 3.05) is 13.3 Å². The molecular weight excluding hydrogens is 416 g/mol. The van der Waals surface area contributed by atoms with E-state index in [-0.39, 0.29) is 11.8 Å². The van der Waals surface area contributed by atoms with Crippen molar-refractivity contribution in [3.05, 3.63) is 64.7 Å². The zero-order valence-corrected chi connectivity index (χ0v) is 20.0. The minimum Gasteiger partial charge on any atom is -0.352 e. The number of aryl methyl sites for hydroxylation is 1. The number of guanidine groups is 1. The van der Waals surface area contributed by atoms with Crippen LogP contribution in [0.3, 0.4) is 0 Å². The summed E-state index contributed by atoms with van der Waals surface area (Å²) in [5, 5.41) is 6.63. The minimum atomic E-state index is -3.38. The molecule has 0 amide bonds. The fraction of sp³-hybridized carbons (Fsp3) is 0.409. The summed E-state index contributed by atoms with van der Waals surface area (Å²) in [5.41, 5.74) is 4.15. The van der Waals surface area contributed by atoms with Crippen molar-refractivity contribution >= 4 is 27.7 Å². The van der Waals surface area contributed by atoms with E-state index in [1.165, 1.54) is 16.0 Å². The fourth-order valence-corrected chi connectivity index (χ4v) is 5.25. The molecule has 0 radical (unpaired) electrons. The molecule has 0 unspecified atom stereocenters. The van der Waals surface area contributed by atoms with Crippen LogP contribution in [0.25, 0.3) is 0 Å². The highest BCUT2D eigenvalue weighted by Gasteiger charge is 2.15. The Hall–Kier alpha value is -2.03. The standard InChI is InChI=1S/C22H32N4O2S2/c1-16(2)26-30(27,28)15-20-9-7-6-8-18(20)13-24-22(23-4)25-14-19-11-10-17(3)12-21(19)29-5/h6-12,16,26H,13-15H2,1-5H3,(H2,23,24,25). The van der Waals surface area contributed by atoms with Gasteiger partial charge in [0.15, 0.2) is 5.96 Å². The first-order valence-corrected chi connectivity index (χ1v) is 12.8. The summed E-state index contributed by atoms with van der Waals surface area (Å²) in [7, 11) is -1.66. The first-order valence-electron chi connectivity index (χ1n) is 9.89. The molecule has 0 spiro atoms. The first-order chi connectivity index (χ1) is 14.2. The Bertz CT molecular complexity index is 973. The van der Waals surface area contributed by atoms with Gasteiger partial charge in [0.2, 0.25) is 10.0 Å². The SMILES string of the molecule is CN=C(NCc1ccccc1CS(=O)(=O)NC(C)C)NCc1ccc(C)cc1SC. The number of thioether (sulfide) groups is 1. The maximum absolute atomic E-state index is 12.3. The van der Waals surface area contributed by atoms with Crippen molar-refractivity contribution in [1.82, 2.24) is 15.4 Å². The van der Waals surface area contributed by atoms with Gasteiger partial charge < -0.3 is 10.6 Å². The zero-order valence-electron chi connectivity index (χ0n) is 18.3. The Kier molecular flexibility index (Phi) is 9.20. The van der Waals surface area contributed by atoms with E-state index in [2.05, 4.69) is 51.7 Å².